The maximum atomic E-state index is 13.8. The smallest absolute Gasteiger partial charge is 0.408 e. The van der Waals surface area contributed by atoms with Crippen LogP contribution in [0.5, 0.6) is 0 Å². The number of rotatable bonds is 15. The average Bonchev–Trinajstić information content (AvgIpc) is 4.13. The summed E-state index contributed by atoms with van der Waals surface area (Å²) >= 11 is 9.53. The van der Waals surface area contributed by atoms with Crippen LogP contribution in [0.4, 0.5) is 21.0 Å². The number of para-hydroxylation sites is 2. The van der Waals surface area contributed by atoms with Gasteiger partial charge in [0.15, 0.2) is 0 Å². The molecule has 14 nitrogen and oxygen atoms in total. The van der Waals surface area contributed by atoms with Gasteiger partial charge in [0.2, 0.25) is 0 Å². The third-order valence-corrected chi connectivity index (χ3v) is 13.5. The Morgan fingerprint density at radius 2 is 1.11 bits per heavy atom. The molecule has 16 heteroatoms. The topological polar surface area (TPSA) is 170 Å². The van der Waals surface area contributed by atoms with Crippen LogP contribution in [0.1, 0.15) is 86.8 Å². The number of carbonyl (C=O) groups excluding carboxylic acids is 6. The minimum absolute atomic E-state index is 0.0951. The molecule has 0 aromatic heterocycles. The van der Waals surface area contributed by atoms with Crippen molar-refractivity contribution < 1.29 is 47.7 Å². The van der Waals surface area contributed by atoms with Gasteiger partial charge in [0.05, 0.1) is 5.34 Å². The Bertz CT molecular complexity index is 3270. The zero-order chi connectivity index (χ0) is 59.8. The predicted molar refractivity (Wildman–Crippen MR) is 327 cm³/mol. The number of nitrogens with zero attached hydrogens (tertiary/aromatic N) is 2. The van der Waals surface area contributed by atoms with E-state index in [0.29, 0.717) is 24.2 Å². The Morgan fingerprint density at radius 1 is 0.651 bits per heavy atom. The van der Waals surface area contributed by atoms with Crippen molar-refractivity contribution in [1.82, 2.24) is 10.6 Å². The number of ether oxygens (including phenoxy) is 4. The molecule has 0 fully saturated rings. The number of carbonyl (C=O) groups is 6. The summed E-state index contributed by atoms with van der Waals surface area (Å²) in [6.45, 7) is 17.8. The molecule has 0 saturated heterocycles. The van der Waals surface area contributed by atoms with Gasteiger partial charge in [-0.2, -0.15) is 0 Å². The van der Waals surface area contributed by atoms with E-state index in [2.05, 4.69) is 48.1 Å². The van der Waals surface area contributed by atoms with Crippen LogP contribution in [0.15, 0.2) is 183 Å². The van der Waals surface area contributed by atoms with Gasteiger partial charge in [-0.1, -0.05) is 158 Å². The first kappa shape index (κ1) is 62.1. The summed E-state index contributed by atoms with van der Waals surface area (Å²) in [5, 5.41) is 5.51. The standard InChI is InChI=1S/C34H36N2O5.C32H32N2O5.CH2Cl2/c1-6-14-23-15-8-13-20-30(23)36(21-31(37)41-34(3,4)5)32(38)29(7-2)35-33(39)40-22-28-26-18-11-9-16-24(26)25-17-10-12-19-27(25)28;1-32(2,3)39-29(35)19-34-28-18-9-4-11-21(28)12-10-17-27(30(34)36)33-31(37)38-20-26-24-15-7-5-13-22(24)23-14-6-8-16-25(23)26;2-1-3/h6-13,15-20,28-29H,1-2,14,21-22H2,3-5H3,(H,35,39);4-11,13-18,26-27H,12,19-20H2,1-3H3,(H,33,37);1H2/b;17-10+;/t29-;27-;/m00./s1. The van der Waals surface area contributed by atoms with E-state index in [1.807, 2.05) is 109 Å². The van der Waals surface area contributed by atoms with E-state index in [1.165, 1.54) is 15.9 Å². The largest absolute Gasteiger partial charge is 0.459 e. The molecular formula is C67H70Cl2N4O10. The van der Waals surface area contributed by atoms with Crippen molar-refractivity contribution in [3.63, 3.8) is 0 Å². The molecule has 0 saturated carbocycles. The Kier molecular flexibility index (Phi) is 21.3. The molecule has 0 spiro atoms. The van der Waals surface area contributed by atoms with Gasteiger partial charge in [-0.25, -0.2) is 9.59 Å². The van der Waals surface area contributed by atoms with Gasteiger partial charge >= 0.3 is 24.1 Å². The molecule has 4 amide bonds. The van der Waals surface area contributed by atoms with Gasteiger partial charge in [-0.15, -0.1) is 36.4 Å². The first-order chi connectivity index (χ1) is 39.7. The van der Waals surface area contributed by atoms with Crippen LogP contribution in [0.2, 0.25) is 0 Å². The number of alkyl carbamates (subject to hydrolysis) is 2. The fourth-order valence-corrected chi connectivity index (χ4v) is 10.2. The van der Waals surface area contributed by atoms with Crippen molar-refractivity contribution in [1.29, 1.82) is 0 Å². The van der Waals surface area contributed by atoms with Gasteiger partial charge < -0.3 is 29.6 Å². The summed E-state index contributed by atoms with van der Waals surface area (Å²) in [5.41, 5.74) is 10.3. The fourth-order valence-electron chi connectivity index (χ4n) is 10.2. The summed E-state index contributed by atoms with van der Waals surface area (Å²) in [7, 11) is 0. The summed E-state index contributed by atoms with van der Waals surface area (Å²) in [6, 6.07) is 44.8. The molecule has 83 heavy (non-hydrogen) atoms. The van der Waals surface area contributed by atoms with Gasteiger partial charge in [-0.3, -0.25) is 29.0 Å². The Labute approximate surface area is 496 Å². The molecule has 0 bridgehead atoms. The highest BCUT2D eigenvalue weighted by Gasteiger charge is 2.35. The summed E-state index contributed by atoms with van der Waals surface area (Å²) in [6.07, 6.45) is 6.08. The number of nitrogens with one attached hydrogen (secondary N) is 2. The first-order valence-corrected chi connectivity index (χ1v) is 28.3. The lowest BCUT2D eigenvalue weighted by molar-refractivity contribution is -0.154. The van der Waals surface area contributed by atoms with Crippen LogP contribution in [0, 0.1) is 0 Å². The second-order valence-corrected chi connectivity index (χ2v) is 22.4. The Balaban J connectivity index is 0.000000228. The van der Waals surface area contributed by atoms with Crippen molar-refractivity contribution in [2.45, 2.75) is 89.5 Å². The van der Waals surface area contributed by atoms with Crippen LogP contribution in [-0.4, -0.2) is 90.9 Å². The lowest BCUT2D eigenvalue weighted by Gasteiger charge is -2.30. The van der Waals surface area contributed by atoms with Crippen molar-refractivity contribution in [3.8, 4) is 22.3 Å². The Morgan fingerprint density at radius 3 is 1.61 bits per heavy atom. The van der Waals surface area contributed by atoms with Gasteiger partial charge in [-0.05, 0) is 122 Å². The summed E-state index contributed by atoms with van der Waals surface area (Å²) in [5.74, 6) is -2.32. The van der Waals surface area contributed by atoms with E-state index in [9.17, 15) is 28.8 Å². The average molecular weight is 1160 g/mol. The number of benzene rings is 6. The van der Waals surface area contributed by atoms with Crippen molar-refractivity contribution in [3.05, 3.63) is 216 Å². The SMILES string of the molecule is C=CCc1ccccc1N(CC(=O)OC(C)(C)C)C(=O)[C@H](C=C)NC(=O)OCC1c2ccccc2-c2ccccc21.CC(C)(C)OC(=O)CN1C(=O)[C@@H](NC(=O)OCC2c3ccccc3-c3ccccc32)/C=C/Cc2ccccc21.ClCCl. The monoisotopic (exact) mass is 1160 g/mol. The Hall–Kier alpha value is -8.46. The lowest BCUT2D eigenvalue weighted by Crippen LogP contribution is -2.50. The normalized spacial score (nSPS) is 14.7. The number of hydrogen-bond acceptors (Lipinski definition) is 10. The highest BCUT2D eigenvalue weighted by molar-refractivity contribution is 6.40. The van der Waals surface area contributed by atoms with E-state index in [4.69, 9.17) is 42.1 Å². The number of alkyl halides is 2. The minimum atomic E-state index is -1.15. The maximum Gasteiger partial charge on any atom is 0.408 e. The number of allylic oxidation sites excluding steroid dienone is 2. The second-order valence-electron chi connectivity index (χ2n) is 21.6. The molecule has 2 N–H and O–H groups in total. The van der Waals surface area contributed by atoms with Crippen molar-refractivity contribution in [2.24, 2.45) is 0 Å². The molecule has 0 unspecified atom stereocenters. The molecule has 3 aliphatic rings. The quantitative estimate of drug-likeness (QED) is 0.0437. The highest BCUT2D eigenvalue weighted by Crippen LogP contribution is 2.46. The van der Waals surface area contributed by atoms with Crippen LogP contribution >= 0.6 is 23.2 Å². The number of amides is 4. The van der Waals surface area contributed by atoms with E-state index in [-0.39, 0.29) is 43.5 Å². The van der Waals surface area contributed by atoms with E-state index < -0.39 is 59.2 Å². The maximum absolute atomic E-state index is 13.8. The number of halogens is 2. The molecule has 1 heterocycles. The van der Waals surface area contributed by atoms with E-state index in [0.717, 1.165) is 55.6 Å². The zero-order valence-electron chi connectivity index (χ0n) is 47.6. The molecule has 2 atom stereocenters. The second kappa shape index (κ2) is 28.5. The minimum Gasteiger partial charge on any atom is -0.459 e. The summed E-state index contributed by atoms with van der Waals surface area (Å²) < 4.78 is 22.3. The zero-order valence-corrected chi connectivity index (χ0v) is 49.1. The van der Waals surface area contributed by atoms with E-state index >= 15 is 0 Å². The van der Waals surface area contributed by atoms with Crippen LogP contribution in [0.3, 0.4) is 0 Å². The molecule has 6 aromatic rings. The molecule has 1 aliphatic heterocycles. The highest BCUT2D eigenvalue weighted by atomic mass is 35.5. The van der Waals surface area contributed by atoms with Crippen molar-refractivity contribution in [2.75, 3.05) is 41.4 Å². The molecule has 432 valence electrons. The van der Waals surface area contributed by atoms with Gasteiger partial charge in [0.1, 0.15) is 49.6 Å². The molecular weight excluding hydrogens is 1090 g/mol. The molecule has 6 aromatic carbocycles. The predicted octanol–water partition coefficient (Wildman–Crippen LogP) is 13.0. The lowest BCUT2D eigenvalue weighted by atomic mass is 9.98. The van der Waals surface area contributed by atoms with E-state index in [1.54, 1.807) is 71.9 Å². The molecule has 0 radical (unpaired) electrons. The van der Waals surface area contributed by atoms with Crippen LogP contribution < -0.4 is 20.4 Å². The molecule has 2 aliphatic carbocycles. The third kappa shape index (κ3) is 16.2. The van der Waals surface area contributed by atoms with Crippen LogP contribution in [-0.2, 0) is 51.0 Å². The van der Waals surface area contributed by atoms with Crippen LogP contribution in [0.25, 0.3) is 22.3 Å². The number of anilines is 2. The fraction of sp³-hybridized carbons (Fsp3) is 0.284. The number of esters is 2. The van der Waals surface area contributed by atoms with Crippen molar-refractivity contribution >= 4 is 70.5 Å². The third-order valence-electron chi connectivity index (χ3n) is 13.5. The van der Waals surface area contributed by atoms with Gasteiger partial charge in [0, 0.05) is 23.2 Å². The van der Waals surface area contributed by atoms with Gasteiger partial charge in [0.25, 0.3) is 11.8 Å². The molecule has 9 rings (SSSR count). The first-order valence-electron chi connectivity index (χ1n) is 27.2. The number of hydrogen-bond donors (Lipinski definition) is 2. The number of fused-ring (bicyclic) bond motifs is 7. The summed E-state index contributed by atoms with van der Waals surface area (Å²) in [4.78, 5) is 81.7.